The van der Waals surface area contributed by atoms with Crippen molar-refractivity contribution < 1.29 is 4.74 Å². The van der Waals surface area contributed by atoms with Gasteiger partial charge in [0.15, 0.2) is 0 Å². The average Bonchev–Trinajstić information content (AvgIpc) is 3.20. The van der Waals surface area contributed by atoms with Crippen LogP contribution in [0.2, 0.25) is 0 Å². The van der Waals surface area contributed by atoms with E-state index in [2.05, 4.69) is 44.8 Å². The highest BCUT2D eigenvalue weighted by Crippen LogP contribution is 2.31. The first-order valence-electron chi connectivity index (χ1n) is 7.83. The molecule has 4 rings (SSSR count). The number of aryl methyl sites for hydroxylation is 2. The largest absolute Gasteiger partial charge is 0.377 e. The summed E-state index contributed by atoms with van der Waals surface area (Å²) < 4.78 is 9.63. The summed E-state index contributed by atoms with van der Waals surface area (Å²) in [5.41, 5.74) is 6.88. The molecule has 0 N–H and O–H groups in total. The second kappa shape index (κ2) is 5.09. The molecule has 120 valence electrons. The Kier molecular flexibility index (Phi) is 3.16. The molecule has 23 heavy (non-hydrogen) atoms. The molecule has 1 atom stereocenters. The molecule has 4 heterocycles. The van der Waals surface area contributed by atoms with Gasteiger partial charge < -0.3 is 14.0 Å². The number of anilines is 1. The molecule has 3 aromatic rings. The van der Waals surface area contributed by atoms with Gasteiger partial charge in [0.1, 0.15) is 5.65 Å². The van der Waals surface area contributed by atoms with Gasteiger partial charge in [-0.15, -0.1) is 0 Å². The highest BCUT2D eigenvalue weighted by Gasteiger charge is 2.24. The zero-order chi connectivity index (χ0) is 16.1. The Morgan fingerprint density at radius 1 is 1.26 bits per heavy atom. The maximum Gasteiger partial charge on any atom is 0.142 e. The maximum atomic E-state index is 5.55. The van der Waals surface area contributed by atoms with Crippen molar-refractivity contribution in [1.29, 1.82) is 0 Å². The Balaban J connectivity index is 1.79. The third-order valence-electron chi connectivity index (χ3n) is 4.69. The van der Waals surface area contributed by atoms with Crippen LogP contribution in [0.1, 0.15) is 35.5 Å². The average molecular weight is 311 g/mol. The zero-order valence-electron chi connectivity index (χ0n) is 13.9. The molecule has 0 aromatic carbocycles. The molecular weight excluding hydrogens is 290 g/mol. The SMILES string of the molecule is CO[C@H](C)c1cc(N2Cc3cnn(C)c3C2)cn2cc(C)nc12. The van der Waals surface area contributed by atoms with Crippen LogP contribution in [0.3, 0.4) is 0 Å². The van der Waals surface area contributed by atoms with Crippen LogP contribution in [-0.4, -0.2) is 26.3 Å². The summed E-state index contributed by atoms with van der Waals surface area (Å²) in [6.45, 7) is 5.85. The number of imidazole rings is 1. The lowest BCUT2D eigenvalue weighted by molar-refractivity contribution is 0.120. The predicted octanol–water partition coefficient (Wildman–Crippen LogP) is 2.60. The van der Waals surface area contributed by atoms with E-state index in [9.17, 15) is 0 Å². The molecule has 0 amide bonds. The minimum absolute atomic E-state index is 0.00546. The van der Waals surface area contributed by atoms with Crippen LogP contribution in [-0.2, 0) is 24.9 Å². The first-order chi connectivity index (χ1) is 11.1. The quantitative estimate of drug-likeness (QED) is 0.746. The van der Waals surface area contributed by atoms with E-state index < -0.39 is 0 Å². The van der Waals surface area contributed by atoms with Crippen LogP contribution in [0.25, 0.3) is 5.65 Å². The van der Waals surface area contributed by atoms with Crippen LogP contribution in [0.5, 0.6) is 0 Å². The highest BCUT2D eigenvalue weighted by molar-refractivity contribution is 5.60. The van der Waals surface area contributed by atoms with Gasteiger partial charge in [0.2, 0.25) is 0 Å². The van der Waals surface area contributed by atoms with Crippen molar-refractivity contribution in [2.24, 2.45) is 7.05 Å². The summed E-state index contributed by atoms with van der Waals surface area (Å²) >= 11 is 0. The van der Waals surface area contributed by atoms with E-state index in [1.165, 1.54) is 16.9 Å². The van der Waals surface area contributed by atoms with E-state index in [0.29, 0.717) is 0 Å². The minimum atomic E-state index is 0.00546. The highest BCUT2D eigenvalue weighted by atomic mass is 16.5. The summed E-state index contributed by atoms with van der Waals surface area (Å²) in [7, 11) is 3.74. The summed E-state index contributed by atoms with van der Waals surface area (Å²) in [5.74, 6) is 0. The fraction of sp³-hybridized carbons (Fsp3) is 0.412. The zero-order valence-corrected chi connectivity index (χ0v) is 13.9. The van der Waals surface area contributed by atoms with Gasteiger partial charge in [0.05, 0.1) is 35.9 Å². The topological polar surface area (TPSA) is 47.6 Å². The summed E-state index contributed by atoms with van der Waals surface area (Å²) in [4.78, 5) is 7.01. The lowest BCUT2D eigenvalue weighted by Crippen LogP contribution is -2.17. The van der Waals surface area contributed by atoms with Gasteiger partial charge in [-0.1, -0.05) is 0 Å². The van der Waals surface area contributed by atoms with Crippen molar-refractivity contribution in [2.45, 2.75) is 33.0 Å². The third kappa shape index (κ3) is 2.21. The van der Waals surface area contributed by atoms with Crippen molar-refractivity contribution >= 4 is 11.3 Å². The van der Waals surface area contributed by atoms with E-state index in [0.717, 1.165) is 30.0 Å². The normalized spacial score (nSPS) is 15.4. The van der Waals surface area contributed by atoms with Crippen LogP contribution in [0, 0.1) is 6.92 Å². The fourth-order valence-corrected chi connectivity index (χ4v) is 3.30. The summed E-state index contributed by atoms with van der Waals surface area (Å²) in [6.07, 6.45) is 6.19. The smallest absolute Gasteiger partial charge is 0.142 e. The Bertz CT molecular complexity index is 879. The van der Waals surface area contributed by atoms with Crippen molar-refractivity contribution in [3.63, 3.8) is 0 Å². The number of aromatic nitrogens is 4. The van der Waals surface area contributed by atoms with Crippen LogP contribution in [0.15, 0.2) is 24.7 Å². The first kappa shape index (κ1) is 14.3. The molecule has 0 bridgehead atoms. The van der Waals surface area contributed by atoms with Gasteiger partial charge in [0.25, 0.3) is 0 Å². The van der Waals surface area contributed by atoms with E-state index in [1.807, 2.05) is 24.9 Å². The fourth-order valence-electron chi connectivity index (χ4n) is 3.30. The predicted molar refractivity (Wildman–Crippen MR) is 88.4 cm³/mol. The molecule has 6 nitrogen and oxygen atoms in total. The molecule has 0 unspecified atom stereocenters. The van der Waals surface area contributed by atoms with Crippen molar-refractivity contribution in [1.82, 2.24) is 19.2 Å². The van der Waals surface area contributed by atoms with Crippen LogP contribution >= 0.6 is 0 Å². The number of hydrogen-bond acceptors (Lipinski definition) is 4. The van der Waals surface area contributed by atoms with E-state index >= 15 is 0 Å². The monoisotopic (exact) mass is 311 g/mol. The van der Waals surface area contributed by atoms with Crippen molar-refractivity contribution in [3.8, 4) is 0 Å². The Morgan fingerprint density at radius 3 is 2.83 bits per heavy atom. The van der Waals surface area contributed by atoms with Gasteiger partial charge in [-0.3, -0.25) is 4.68 Å². The number of fused-ring (bicyclic) bond motifs is 2. The second-order valence-corrected chi connectivity index (χ2v) is 6.24. The molecule has 0 fully saturated rings. The molecule has 0 saturated carbocycles. The number of methoxy groups -OCH3 is 1. The number of rotatable bonds is 3. The molecule has 6 heteroatoms. The van der Waals surface area contributed by atoms with E-state index in [1.54, 1.807) is 7.11 Å². The first-order valence-corrected chi connectivity index (χ1v) is 7.83. The maximum absolute atomic E-state index is 5.55. The van der Waals surface area contributed by atoms with Gasteiger partial charge in [0, 0.05) is 44.2 Å². The van der Waals surface area contributed by atoms with Crippen LogP contribution in [0.4, 0.5) is 5.69 Å². The molecular formula is C17H21N5O. The molecule has 3 aromatic heterocycles. The molecule has 0 radical (unpaired) electrons. The van der Waals surface area contributed by atoms with Crippen molar-refractivity contribution in [3.05, 3.63) is 47.2 Å². The third-order valence-corrected chi connectivity index (χ3v) is 4.69. The van der Waals surface area contributed by atoms with E-state index in [-0.39, 0.29) is 6.10 Å². The van der Waals surface area contributed by atoms with Gasteiger partial charge in [-0.25, -0.2) is 4.98 Å². The Morgan fingerprint density at radius 2 is 2.09 bits per heavy atom. The molecule has 1 aliphatic rings. The summed E-state index contributed by atoms with van der Waals surface area (Å²) in [6, 6.07) is 2.20. The van der Waals surface area contributed by atoms with E-state index in [4.69, 9.17) is 4.74 Å². The van der Waals surface area contributed by atoms with Crippen LogP contribution < -0.4 is 4.90 Å². The Labute approximate surface area is 135 Å². The standard InChI is InChI=1S/C17H21N5O/c1-11-7-22-9-14(5-15(12(2)23-4)17(22)19-11)21-8-13-6-18-20(3)16(13)10-21/h5-7,9,12H,8,10H2,1-4H3/t12-/m1/s1. The molecule has 0 spiro atoms. The number of pyridine rings is 1. The number of hydrogen-bond donors (Lipinski definition) is 0. The van der Waals surface area contributed by atoms with Gasteiger partial charge >= 0.3 is 0 Å². The molecule has 1 aliphatic heterocycles. The lowest BCUT2D eigenvalue weighted by atomic mass is 10.1. The molecule has 0 saturated heterocycles. The second-order valence-electron chi connectivity index (χ2n) is 6.24. The van der Waals surface area contributed by atoms with Gasteiger partial charge in [-0.05, 0) is 19.9 Å². The molecule has 0 aliphatic carbocycles. The summed E-state index contributed by atoms with van der Waals surface area (Å²) in [5, 5.41) is 4.33. The number of ether oxygens (including phenoxy) is 1. The van der Waals surface area contributed by atoms with Crippen molar-refractivity contribution in [2.75, 3.05) is 12.0 Å². The minimum Gasteiger partial charge on any atom is -0.377 e. The number of nitrogens with zero attached hydrogens (tertiary/aromatic N) is 5. The lowest BCUT2D eigenvalue weighted by Gasteiger charge is -2.21. The van der Waals surface area contributed by atoms with Gasteiger partial charge in [-0.2, -0.15) is 5.10 Å². The Hall–Kier alpha value is -2.34.